The highest BCUT2D eigenvalue weighted by Gasteiger charge is 2.08. The van der Waals surface area contributed by atoms with Gasteiger partial charge in [0.25, 0.3) is 0 Å². The number of benzene rings is 2. The zero-order chi connectivity index (χ0) is 14.5. The van der Waals surface area contributed by atoms with Crippen LogP contribution in [0.5, 0.6) is 0 Å². The molecule has 0 spiro atoms. The first-order valence-corrected chi connectivity index (χ1v) is 8.20. The average Bonchev–Trinajstić information content (AvgIpc) is 2.85. The van der Waals surface area contributed by atoms with Crippen LogP contribution in [0.15, 0.2) is 36.4 Å². The van der Waals surface area contributed by atoms with Crippen LogP contribution in [0.25, 0.3) is 21.8 Å². The highest BCUT2D eigenvalue weighted by molar-refractivity contribution is 6.07. The Morgan fingerprint density at radius 2 is 1.38 bits per heavy atom. The lowest BCUT2D eigenvalue weighted by Gasteiger charge is -2.07. The summed E-state index contributed by atoms with van der Waals surface area (Å²) in [6, 6.07) is 19.1. The van der Waals surface area contributed by atoms with Crippen LogP contribution >= 0.6 is 0 Å². The SMILES string of the molecule is CCCCCCCCn1c2c[c]ccc2c2cc[c]cc21. The van der Waals surface area contributed by atoms with E-state index >= 15 is 0 Å². The van der Waals surface area contributed by atoms with Crippen molar-refractivity contribution in [2.75, 3.05) is 0 Å². The van der Waals surface area contributed by atoms with Gasteiger partial charge in [-0.1, -0.05) is 63.3 Å². The number of nitrogens with zero attached hydrogens (tertiary/aromatic N) is 1. The van der Waals surface area contributed by atoms with Gasteiger partial charge in [0.2, 0.25) is 0 Å². The fraction of sp³-hybridized carbons (Fsp3) is 0.400. The molecule has 108 valence electrons. The van der Waals surface area contributed by atoms with Crippen LogP contribution in [-0.2, 0) is 6.54 Å². The molecule has 0 aliphatic carbocycles. The molecule has 0 amide bonds. The first kappa shape index (κ1) is 14.2. The van der Waals surface area contributed by atoms with Gasteiger partial charge in [-0.15, -0.1) is 0 Å². The third kappa shape index (κ3) is 2.97. The van der Waals surface area contributed by atoms with Crippen molar-refractivity contribution in [1.82, 2.24) is 4.57 Å². The Bertz CT molecular complexity index is 655. The van der Waals surface area contributed by atoms with Gasteiger partial charge in [0.15, 0.2) is 0 Å². The molecule has 0 fully saturated rings. The maximum Gasteiger partial charge on any atom is 0.0497 e. The molecule has 1 aromatic heterocycles. The lowest BCUT2D eigenvalue weighted by Crippen LogP contribution is -1.97. The summed E-state index contributed by atoms with van der Waals surface area (Å²) < 4.78 is 2.44. The van der Waals surface area contributed by atoms with Crippen molar-refractivity contribution in [3.8, 4) is 0 Å². The van der Waals surface area contributed by atoms with Gasteiger partial charge in [-0.05, 0) is 30.7 Å². The normalized spacial score (nSPS) is 11.5. The number of rotatable bonds is 7. The summed E-state index contributed by atoms with van der Waals surface area (Å²) in [6.45, 7) is 3.37. The van der Waals surface area contributed by atoms with E-state index in [1.54, 1.807) is 0 Å². The van der Waals surface area contributed by atoms with Crippen LogP contribution in [-0.4, -0.2) is 4.57 Å². The molecule has 1 nitrogen and oxygen atoms in total. The van der Waals surface area contributed by atoms with Gasteiger partial charge in [0.05, 0.1) is 0 Å². The van der Waals surface area contributed by atoms with Crippen molar-refractivity contribution >= 4 is 21.8 Å². The number of fused-ring (bicyclic) bond motifs is 3. The molecule has 21 heavy (non-hydrogen) atoms. The quantitative estimate of drug-likeness (QED) is 0.484. The minimum Gasteiger partial charge on any atom is -0.340 e. The molecule has 0 bridgehead atoms. The molecule has 0 atom stereocenters. The van der Waals surface area contributed by atoms with Gasteiger partial charge in [-0.25, -0.2) is 0 Å². The topological polar surface area (TPSA) is 4.93 Å². The zero-order valence-corrected chi connectivity index (χ0v) is 12.9. The zero-order valence-electron chi connectivity index (χ0n) is 12.9. The molecule has 0 saturated carbocycles. The molecule has 3 rings (SSSR count). The number of unbranched alkanes of at least 4 members (excludes halogenated alkanes) is 5. The van der Waals surface area contributed by atoms with Crippen LogP contribution < -0.4 is 0 Å². The van der Waals surface area contributed by atoms with Gasteiger partial charge < -0.3 is 4.57 Å². The summed E-state index contributed by atoms with van der Waals surface area (Å²) in [5.41, 5.74) is 2.61. The molecular formula is C20H23N. The van der Waals surface area contributed by atoms with Gasteiger partial charge in [0.1, 0.15) is 0 Å². The predicted octanol–water partition coefficient (Wildman–Crippen LogP) is 5.76. The third-order valence-corrected chi connectivity index (χ3v) is 4.29. The summed E-state index contributed by atoms with van der Waals surface area (Å²) in [6.07, 6.45) is 8.02. The van der Waals surface area contributed by atoms with Gasteiger partial charge in [-0.3, -0.25) is 0 Å². The monoisotopic (exact) mass is 277 g/mol. The Morgan fingerprint density at radius 1 is 0.810 bits per heavy atom. The van der Waals surface area contributed by atoms with Crippen molar-refractivity contribution in [1.29, 1.82) is 0 Å². The van der Waals surface area contributed by atoms with E-state index in [2.05, 4.69) is 47.9 Å². The molecule has 1 heteroatoms. The van der Waals surface area contributed by atoms with E-state index in [0.29, 0.717) is 0 Å². The Balaban J connectivity index is 1.80. The predicted molar refractivity (Wildman–Crippen MR) is 90.5 cm³/mol. The Labute approximate surface area is 127 Å². The number of aryl methyl sites for hydroxylation is 1. The molecule has 0 aliphatic rings. The fourth-order valence-corrected chi connectivity index (χ4v) is 3.17. The second-order valence-electron chi connectivity index (χ2n) is 5.81. The first-order valence-electron chi connectivity index (χ1n) is 8.20. The molecule has 0 N–H and O–H groups in total. The third-order valence-electron chi connectivity index (χ3n) is 4.29. The molecule has 2 radical (unpaired) electrons. The Hall–Kier alpha value is -1.76. The van der Waals surface area contributed by atoms with E-state index in [4.69, 9.17) is 0 Å². The second kappa shape index (κ2) is 6.80. The molecule has 3 aromatic rings. The summed E-state index contributed by atoms with van der Waals surface area (Å²) >= 11 is 0. The highest BCUT2D eigenvalue weighted by atomic mass is 15.0. The van der Waals surface area contributed by atoms with Gasteiger partial charge in [0, 0.05) is 28.4 Å². The number of aromatic nitrogens is 1. The van der Waals surface area contributed by atoms with Gasteiger partial charge >= 0.3 is 0 Å². The van der Waals surface area contributed by atoms with Crippen LogP contribution in [0.1, 0.15) is 45.4 Å². The minimum absolute atomic E-state index is 1.10. The largest absolute Gasteiger partial charge is 0.340 e. The van der Waals surface area contributed by atoms with E-state index in [1.165, 1.54) is 60.3 Å². The lowest BCUT2D eigenvalue weighted by atomic mass is 10.1. The van der Waals surface area contributed by atoms with E-state index in [9.17, 15) is 0 Å². The maximum absolute atomic E-state index is 3.22. The standard InChI is InChI=1S/C20H23N/c1-2-3-4-5-6-11-16-21-19-14-9-7-12-17(19)18-13-8-10-15-20(18)21/h7-8,12-15H,2-6,11,16H2,1H3. The van der Waals surface area contributed by atoms with Crippen LogP contribution in [0.4, 0.5) is 0 Å². The minimum atomic E-state index is 1.10. The molecule has 0 aliphatic heterocycles. The summed E-state index contributed by atoms with van der Waals surface area (Å²) in [5, 5.41) is 2.67. The number of hydrogen-bond donors (Lipinski definition) is 0. The highest BCUT2D eigenvalue weighted by Crippen LogP contribution is 2.28. The second-order valence-corrected chi connectivity index (χ2v) is 5.81. The average molecular weight is 277 g/mol. The first-order chi connectivity index (χ1) is 10.4. The molecule has 1 heterocycles. The van der Waals surface area contributed by atoms with Crippen molar-refractivity contribution in [2.45, 2.75) is 52.0 Å². The molecular weight excluding hydrogens is 254 g/mol. The maximum atomic E-state index is 3.22. The van der Waals surface area contributed by atoms with Gasteiger partial charge in [-0.2, -0.15) is 0 Å². The van der Waals surface area contributed by atoms with E-state index in [-0.39, 0.29) is 0 Å². The van der Waals surface area contributed by atoms with E-state index in [1.807, 2.05) is 12.1 Å². The molecule has 0 unspecified atom stereocenters. The van der Waals surface area contributed by atoms with Crippen LogP contribution in [0, 0.1) is 12.1 Å². The summed E-state index contributed by atoms with van der Waals surface area (Å²) in [5.74, 6) is 0. The Kier molecular flexibility index (Phi) is 4.59. The van der Waals surface area contributed by atoms with Crippen molar-refractivity contribution in [3.05, 3.63) is 48.5 Å². The smallest absolute Gasteiger partial charge is 0.0497 e. The fourth-order valence-electron chi connectivity index (χ4n) is 3.17. The van der Waals surface area contributed by atoms with Crippen LogP contribution in [0.2, 0.25) is 0 Å². The molecule has 0 saturated heterocycles. The van der Waals surface area contributed by atoms with Crippen molar-refractivity contribution in [3.63, 3.8) is 0 Å². The molecule has 2 aromatic carbocycles. The van der Waals surface area contributed by atoms with Crippen molar-refractivity contribution < 1.29 is 0 Å². The summed E-state index contributed by atoms with van der Waals surface area (Å²) in [7, 11) is 0. The van der Waals surface area contributed by atoms with Crippen LogP contribution in [0.3, 0.4) is 0 Å². The van der Waals surface area contributed by atoms with E-state index < -0.39 is 0 Å². The van der Waals surface area contributed by atoms with Crippen molar-refractivity contribution in [2.24, 2.45) is 0 Å². The Morgan fingerprint density at radius 3 is 2.00 bits per heavy atom. The van der Waals surface area contributed by atoms with E-state index in [0.717, 1.165) is 6.54 Å². The number of hydrogen-bond acceptors (Lipinski definition) is 0. The lowest BCUT2D eigenvalue weighted by molar-refractivity contribution is 0.571. The summed E-state index contributed by atoms with van der Waals surface area (Å²) in [4.78, 5) is 0.